The second-order valence-corrected chi connectivity index (χ2v) is 8.17. The van der Waals surface area contributed by atoms with Gasteiger partial charge in [-0.1, -0.05) is 0 Å². The zero-order chi connectivity index (χ0) is 18.0. The van der Waals surface area contributed by atoms with Crippen molar-refractivity contribution in [3.8, 4) is 0 Å². The molecule has 1 aliphatic rings. The van der Waals surface area contributed by atoms with Gasteiger partial charge in [-0.15, -0.1) is 0 Å². The fraction of sp³-hybridized carbons (Fsp3) is 0.333. The number of benzene rings is 1. The van der Waals surface area contributed by atoms with E-state index in [2.05, 4.69) is 10.3 Å². The van der Waals surface area contributed by atoms with Crippen LogP contribution in [0.5, 0.6) is 0 Å². The van der Waals surface area contributed by atoms with E-state index in [-0.39, 0.29) is 10.9 Å². The van der Waals surface area contributed by atoms with Crippen LogP contribution in [0.1, 0.15) is 40.5 Å². The molecule has 25 heavy (non-hydrogen) atoms. The molecule has 1 fully saturated rings. The van der Waals surface area contributed by atoms with E-state index in [1.807, 2.05) is 0 Å². The quantitative estimate of drug-likeness (QED) is 0.797. The lowest BCUT2D eigenvalue weighted by atomic mass is 10.1. The fourth-order valence-corrected chi connectivity index (χ4v) is 3.21. The number of ether oxygens (including phenoxy) is 1. The summed E-state index contributed by atoms with van der Waals surface area (Å²) in [5.41, 5.74) is 2.96. The number of nitrogens with zero attached hydrogens (tertiary/aromatic N) is 1. The van der Waals surface area contributed by atoms with Crippen molar-refractivity contribution < 1.29 is 17.9 Å². The van der Waals surface area contributed by atoms with Gasteiger partial charge in [0, 0.05) is 17.9 Å². The molecule has 0 amide bonds. The average Bonchev–Trinajstić information content (AvgIpc) is 3.43. The van der Waals surface area contributed by atoms with Crippen LogP contribution < -0.4 is 5.32 Å². The number of nitrogens with one attached hydrogen (secondary N) is 1. The summed E-state index contributed by atoms with van der Waals surface area (Å²) in [4.78, 5) is 16.7. The third-order valence-electron chi connectivity index (χ3n) is 4.11. The number of hydrogen-bond donors (Lipinski definition) is 1. The molecular formula is C18H20N2O4S. The molecule has 0 atom stereocenters. The lowest BCUT2D eigenvalue weighted by Crippen LogP contribution is -2.10. The van der Waals surface area contributed by atoms with Crippen molar-refractivity contribution in [3.05, 3.63) is 53.3 Å². The van der Waals surface area contributed by atoms with Gasteiger partial charge in [-0.3, -0.25) is 4.98 Å². The maximum absolute atomic E-state index is 11.8. The van der Waals surface area contributed by atoms with Gasteiger partial charge in [-0.25, -0.2) is 13.2 Å². The number of rotatable bonds is 6. The molecular weight excluding hydrogens is 340 g/mol. The fourth-order valence-electron chi connectivity index (χ4n) is 2.58. The molecule has 1 aliphatic carbocycles. The van der Waals surface area contributed by atoms with Crippen LogP contribution in [0, 0.1) is 0 Å². The Kier molecular flexibility index (Phi) is 4.76. The molecule has 7 heteroatoms. The first kappa shape index (κ1) is 17.4. The Balaban J connectivity index is 1.73. The Hall–Kier alpha value is -2.41. The predicted molar refractivity (Wildman–Crippen MR) is 94.4 cm³/mol. The summed E-state index contributed by atoms with van der Waals surface area (Å²) in [6.45, 7) is 0.486. The van der Waals surface area contributed by atoms with Crippen molar-refractivity contribution in [1.29, 1.82) is 0 Å². The first-order valence-electron chi connectivity index (χ1n) is 8.00. The molecule has 1 aromatic carbocycles. The van der Waals surface area contributed by atoms with E-state index >= 15 is 0 Å². The van der Waals surface area contributed by atoms with Gasteiger partial charge >= 0.3 is 5.97 Å². The third kappa shape index (κ3) is 4.17. The molecule has 132 valence electrons. The molecule has 0 radical (unpaired) electrons. The maximum atomic E-state index is 11.8. The van der Waals surface area contributed by atoms with Gasteiger partial charge in [0.25, 0.3) is 0 Å². The van der Waals surface area contributed by atoms with E-state index in [0.717, 1.165) is 29.9 Å². The molecule has 6 nitrogen and oxygen atoms in total. The summed E-state index contributed by atoms with van der Waals surface area (Å²) < 4.78 is 27.8. The Morgan fingerprint density at radius 2 is 1.88 bits per heavy atom. The van der Waals surface area contributed by atoms with E-state index in [1.165, 1.54) is 13.4 Å². The molecule has 3 rings (SSSR count). The lowest BCUT2D eigenvalue weighted by molar-refractivity contribution is 0.0598. The van der Waals surface area contributed by atoms with Crippen LogP contribution in [0.4, 0.5) is 5.69 Å². The summed E-state index contributed by atoms with van der Waals surface area (Å²) in [5.74, 6) is -0.0200. The number of esters is 1. The van der Waals surface area contributed by atoms with Crippen molar-refractivity contribution in [2.24, 2.45) is 0 Å². The van der Waals surface area contributed by atoms with Gasteiger partial charge in [0.1, 0.15) is 0 Å². The topological polar surface area (TPSA) is 85.4 Å². The normalized spacial score (nSPS) is 14.2. The highest BCUT2D eigenvalue weighted by Gasteiger charge is 2.30. The monoisotopic (exact) mass is 360 g/mol. The molecule has 1 saturated carbocycles. The van der Waals surface area contributed by atoms with E-state index < -0.39 is 9.84 Å². The van der Waals surface area contributed by atoms with Gasteiger partial charge in [-0.05, 0) is 49.2 Å². The summed E-state index contributed by atoms with van der Waals surface area (Å²) in [7, 11) is -1.82. The molecule has 0 unspecified atom stereocenters. The molecule has 0 bridgehead atoms. The van der Waals surface area contributed by atoms with Crippen molar-refractivity contribution in [3.63, 3.8) is 0 Å². The highest BCUT2D eigenvalue weighted by atomic mass is 32.2. The highest BCUT2D eigenvalue weighted by molar-refractivity contribution is 7.90. The van der Waals surface area contributed by atoms with Crippen molar-refractivity contribution in [2.45, 2.75) is 30.2 Å². The SMILES string of the molecule is COC(=O)c1ccc(CNc2ccc(S(C)(=O)=O)cc2)nc1C1CC1. The summed E-state index contributed by atoms with van der Waals surface area (Å²) in [6.07, 6.45) is 3.27. The first-order chi connectivity index (χ1) is 11.9. The predicted octanol–water partition coefficient (Wildman–Crippen LogP) is 2.76. The Morgan fingerprint density at radius 1 is 1.20 bits per heavy atom. The number of methoxy groups -OCH3 is 1. The van der Waals surface area contributed by atoms with Gasteiger partial charge in [0.15, 0.2) is 9.84 Å². The molecule has 1 aromatic heterocycles. The van der Waals surface area contributed by atoms with Gasteiger partial charge < -0.3 is 10.1 Å². The van der Waals surface area contributed by atoms with E-state index in [9.17, 15) is 13.2 Å². The Bertz CT molecular complexity index is 888. The van der Waals surface area contributed by atoms with E-state index in [4.69, 9.17) is 4.74 Å². The van der Waals surface area contributed by atoms with E-state index in [0.29, 0.717) is 18.0 Å². The molecule has 0 spiro atoms. The summed E-state index contributed by atoms with van der Waals surface area (Å²) in [5, 5.41) is 3.22. The zero-order valence-corrected chi connectivity index (χ0v) is 15.0. The number of aromatic nitrogens is 1. The molecule has 1 N–H and O–H groups in total. The molecule has 0 aliphatic heterocycles. The number of pyridine rings is 1. The summed E-state index contributed by atoms with van der Waals surface area (Å²) in [6, 6.07) is 10.1. The van der Waals surface area contributed by atoms with Crippen LogP contribution in [0.3, 0.4) is 0 Å². The second-order valence-electron chi connectivity index (χ2n) is 6.15. The molecule has 1 heterocycles. The molecule has 2 aromatic rings. The van der Waals surface area contributed by atoms with Crippen LogP contribution in [-0.2, 0) is 21.1 Å². The number of sulfone groups is 1. The highest BCUT2D eigenvalue weighted by Crippen LogP contribution is 2.40. The van der Waals surface area contributed by atoms with Gasteiger partial charge in [0.05, 0.1) is 35.5 Å². The third-order valence-corrected chi connectivity index (χ3v) is 5.24. The Morgan fingerprint density at radius 3 is 2.44 bits per heavy atom. The minimum Gasteiger partial charge on any atom is -0.465 e. The Labute approximate surface area is 147 Å². The largest absolute Gasteiger partial charge is 0.465 e. The van der Waals surface area contributed by atoms with Gasteiger partial charge in [0.2, 0.25) is 0 Å². The second kappa shape index (κ2) is 6.84. The van der Waals surface area contributed by atoms with Crippen molar-refractivity contribution in [1.82, 2.24) is 4.98 Å². The van der Waals surface area contributed by atoms with Crippen LogP contribution >= 0.6 is 0 Å². The minimum absolute atomic E-state index is 0.287. The number of anilines is 1. The number of hydrogen-bond acceptors (Lipinski definition) is 6. The van der Waals surface area contributed by atoms with Crippen LogP contribution in [0.15, 0.2) is 41.3 Å². The average molecular weight is 360 g/mol. The lowest BCUT2D eigenvalue weighted by Gasteiger charge is -2.11. The number of carbonyl (C=O) groups is 1. The van der Waals surface area contributed by atoms with Gasteiger partial charge in [-0.2, -0.15) is 0 Å². The van der Waals surface area contributed by atoms with Crippen LogP contribution in [0.25, 0.3) is 0 Å². The standard InChI is InChI=1S/C18H20N2O4S/c1-24-18(21)16-10-7-14(20-17(16)12-3-4-12)11-19-13-5-8-15(9-6-13)25(2,22)23/h5-10,12,19H,3-4,11H2,1-2H3. The maximum Gasteiger partial charge on any atom is 0.339 e. The van der Waals surface area contributed by atoms with Crippen LogP contribution in [-0.4, -0.2) is 32.7 Å². The van der Waals surface area contributed by atoms with Crippen molar-refractivity contribution >= 4 is 21.5 Å². The molecule has 0 saturated heterocycles. The van der Waals surface area contributed by atoms with Crippen LogP contribution in [0.2, 0.25) is 0 Å². The number of carbonyl (C=O) groups excluding carboxylic acids is 1. The zero-order valence-electron chi connectivity index (χ0n) is 14.2. The smallest absolute Gasteiger partial charge is 0.339 e. The van der Waals surface area contributed by atoms with Crippen molar-refractivity contribution in [2.75, 3.05) is 18.7 Å². The first-order valence-corrected chi connectivity index (χ1v) is 9.90. The summed E-state index contributed by atoms with van der Waals surface area (Å²) >= 11 is 0. The van der Waals surface area contributed by atoms with E-state index in [1.54, 1.807) is 36.4 Å². The minimum atomic E-state index is -3.19.